The summed E-state index contributed by atoms with van der Waals surface area (Å²) in [5, 5.41) is 3.49. The summed E-state index contributed by atoms with van der Waals surface area (Å²) in [5.74, 6) is -1.22. The van der Waals surface area contributed by atoms with Crippen LogP contribution in [0.3, 0.4) is 0 Å². The summed E-state index contributed by atoms with van der Waals surface area (Å²) in [6, 6.07) is 21.7. The number of sulfonamides is 1. The van der Waals surface area contributed by atoms with Crippen molar-refractivity contribution in [3.8, 4) is 0 Å². The van der Waals surface area contributed by atoms with E-state index in [4.69, 9.17) is 11.6 Å². The molecule has 0 radical (unpaired) electrons. The molecular weight excluding hydrogens is 562 g/mol. The zero-order chi connectivity index (χ0) is 29.6. The van der Waals surface area contributed by atoms with E-state index in [1.165, 1.54) is 17.0 Å². The number of nitrogens with one attached hydrogen (secondary N) is 1. The minimum Gasteiger partial charge on any atom is -0.352 e. The SMILES string of the molecule is CCC(C)NC(=O)C(Cc1ccccc1)N(Cc1ccccc1Cl)C(=O)CCCN1C(=O)c2ccccc2S1(=O)=O. The van der Waals surface area contributed by atoms with Gasteiger partial charge < -0.3 is 10.2 Å². The number of carbonyl (C=O) groups is 3. The normalized spacial score (nSPS) is 15.2. The fourth-order valence-corrected chi connectivity index (χ4v) is 6.58. The van der Waals surface area contributed by atoms with Crippen LogP contribution in [0.4, 0.5) is 0 Å². The number of carbonyl (C=O) groups excluding carboxylic acids is 3. The lowest BCUT2D eigenvalue weighted by Gasteiger charge is -2.32. The molecule has 3 aromatic rings. The molecular formula is C31H34ClN3O5S. The predicted octanol–water partition coefficient (Wildman–Crippen LogP) is 4.82. The van der Waals surface area contributed by atoms with Crippen LogP contribution in [0.2, 0.25) is 5.02 Å². The largest absolute Gasteiger partial charge is 0.352 e. The molecule has 4 rings (SSSR count). The van der Waals surface area contributed by atoms with Gasteiger partial charge in [0.15, 0.2) is 0 Å². The van der Waals surface area contributed by atoms with Crippen LogP contribution in [0.25, 0.3) is 0 Å². The number of rotatable bonds is 12. The van der Waals surface area contributed by atoms with Crippen molar-refractivity contribution in [2.45, 2.75) is 63.1 Å². The van der Waals surface area contributed by atoms with Crippen molar-refractivity contribution in [2.75, 3.05) is 6.54 Å². The van der Waals surface area contributed by atoms with Gasteiger partial charge >= 0.3 is 0 Å². The Bertz CT molecular complexity index is 1510. The highest BCUT2D eigenvalue weighted by molar-refractivity contribution is 7.90. The molecule has 0 aromatic heterocycles. The number of amides is 3. The summed E-state index contributed by atoms with van der Waals surface area (Å²) in [6.07, 6.45) is 1.04. The van der Waals surface area contributed by atoms with Gasteiger partial charge in [0.25, 0.3) is 15.9 Å². The first-order valence-corrected chi connectivity index (χ1v) is 15.5. The summed E-state index contributed by atoms with van der Waals surface area (Å²) >= 11 is 6.46. The fraction of sp³-hybridized carbons (Fsp3) is 0.323. The van der Waals surface area contributed by atoms with Crippen LogP contribution in [0.5, 0.6) is 0 Å². The first kappa shape index (κ1) is 30.3. The lowest BCUT2D eigenvalue weighted by atomic mass is 10.0. The Kier molecular flexibility index (Phi) is 9.83. The van der Waals surface area contributed by atoms with E-state index in [0.29, 0.717) is 10.6 Å². The molecule has 0 spiro atoms. The maximum atomic E-state index is 13.8. The maximum Gasteiger partial charge on any atom is 0.269 e. The minimum atomic E-state index is -3.98. The highest BCUT2D eigenvalue weighted by Crippen LogP contribution is 2.30. The van der Waals surface area contributed by atoms with Crippen LogP contribution < -0.4 is 5.32 Å². The Morgan fingerprint density at radius 1 is 0.976 bits per heavy atom. The first-order chi connectivity index (χ1) is 19.6. The molecule has 0 aliphatic carbocycles. The molecule has 10 heteroatoms. The highest BCUT2D eigenvalue weighted by Gasteiger charge is 2.40. The second kappa shape index (κ2) is 13.3. The van der Waals surface area contributed by atoms with Crippen LogP contribution in [0.1, 0.15) is 54.6 Å². The lowest BCUT2D eigenvalue weighted by molar-refractivity contribution is -0.141. The van der Waals surface area contributed by atoms with Gasteiger partial charge in [0, 0.05) is 37.0 Å². The molecule has 216 valence electrons. The van der Waals surface area contributed by atoms with Crippen molar-refractivity contribution < 1.29 is 22.8 Å². The van der Waals surface area contributed by atoms with E-state index in [0.717, 1.165) is 16.3 Å². The third-order valence-electron chi connectivity index (χ3n) is 7.23. The Hall–Kier alpha value is -3.69. The molecule has 0 bridgehead atoms. The average Bonchev–Trinajstić information content (AvgIpc) is 3.16. The van der Waals surface area contributed by atoms with Gasteiger partial charge in [-0.3, -0.25) is 14.4 Å². The van der Waals surface area contributed by atoms with Gasteiger partial charge in [-0.15, -0.1) is 0 Å². The van der Waals surface area contributed by atoms with E-state index in [-0.39, 0.29) is 60.7 Å². The molecule has 1 aliphatic rings. The van der Waals surface area contributed by atoms with Crippen molar-refractivity contribution in [3.63, 3.8) is 0 Å². The molecule has 8 nitrogen and oxygen atoms in total. The minimum absolute atomic E-state index is 0.0266. The Morgan fingerprint density at radius 2 is 1.63 bits per heavy atom. The summed E-state index contributed by atoms with van der Waals surface area (Å²) in [4.78, 5) is 41.7. The Morgan fingerprint density at radius 3 is 2.32 bits per heavy atom. The van der Waals surface area contributed by atoms with Crippen LogP contribution in [-0.2, 0) is 32.6 Å². The van der Waals surface area contributed by atoms with Gasteiger partial charge in [-0.2, -0.15) is 0 Å². The van der Waals surface area contributed by atoms with E-state index in [9.17, 15) is 22.8 Å². The van der Waals surface area contributed by atoms with Crippen molar-refractivity contribution in [2.24, 2.45) is 0 Å². The number of benzene rings is 3. The number of halogens is 1. The van der Waals surface area contributed by atoms with E-state index >= 15 is 0 Å². The van der Waals surface area contributed by atoms with E-state index < -0.39 is 22.0 Å². The fourth-order valence-electron chi connectivity index (χ4n) is 4.77. The van der Waals surface area contributed by atoms with Crippen LogP contribution in [0, 0.1) is 0 Å². The van der Waals surface area contributed by atoms with Gasteiger partial charge in [-0.05, 0) is 49.1 Å². The second-order valence-corrected chi connectivity index (χ2v) is 12.4. The number of fused-ring (bicyclic) bond motifs is 1. The molecule has 1 aliphatic heterocycles. The van der Waals surface area contributed by atoms with Crippen LogP contribution >= 0.6 is 11.6 Å². The smallest absolute Gasteiger partial charge is 0.269 e. The van der Waals surface area contributed by atoms with Crippen LogP contribution in [0.15, 0.2) is 83.8 Å². The monoisotopic (exact) mass is 595 g/mol. The van der Waals surface area contributed by atoms with E-state index in [1.54, 1.807) is 24.3 Å². The topological polar surface area (TPSA) is 104 Å². The number of hydrogen-bond donors (Lipinski definition) is 1. The predicted molar refractivity (Wildman–Crippen MR) is 158 cm³/mol. The standard InChI is InChI=1S/C31H34ClN3O5S/c1-3-22(2)33-30(37)27(20-23-12-5-4-6-13-23)34(21-24-14-7-9-16-26(24)32)29(36)18-11-19-35-31(38)25-15-8-10-17-28(25)41(35,39)40/h4-10,12-17,22,27H,3,11,18-21H2,1-2H3,(H,33,37). The maximum absolute atomic E-state index is 13.8. The second-order valence-electron chi connectivity index (χ2n) is 10.1. The number of hydrogen-bond acceptors (Lipinski definition) is 5. The van der Waals surface area contributed by atoms with Gasteiger partial charge in [-0.1, -0.05) is 79.2 Å². The van der Waals surface area contributed by atoms with Gasteiger partial charge in [0.05, 0.1) is 5.56 Å². The summed E-state index contributed by atoms with van der Waals surface area (Å²) in [7, 11) is -3.98. The van der Waals surface area contributed by atoms with Crippen LogP contribution in [-0.4, -0.2) is 54.0 Å². The van der Waals surface area contributed by atoms with Crippen molar-refractivity contribution in [3.05, 3.63) is 101 Å². The Labute approximate surface area is 246 Å². The van der Waals surface area contributed by atoms with Gasteiger partial charge in [0.1, 0.15) is 10.9 Å². The third kappa shape index (κ3) is 6.97. The highest BCUT2D eigenvalue weighted by atomic mass is 35.5. The van der Waals surface area contributed by atoms with Crippen molar-refractivity contribution in [1.82, 2.24) is 14.5 Å². The lowest BCUT2D eigenvalue weighted by Crippen LogP contribution is -2.52. The summed E-state index contributed by atoms with van der Waals surface area (Å²) in [6.45, 7) is 3.82. The molecule has 3 amide bonds. The molecule has 0 fully saturated rings. The third-order valence-corrected chi connectivity index (χ3v) is 9.44. The average molecular weight is 596 g/mol. The van der Waals surface area contributed by atoms with Crippen molar-refractivity contribution >= 4 is 39.3 Å². The number of nitrogens with zero attached hydrogens (tertiary/aromatic N) is 2. The van der Waals surface area contributed by atoms with E-state index in [1.807, 2.05) is 56.3 Å². The van der Waals surface area contributed by atoms with Gasteiger partial charge in [0.2, 0.25) is 11.8 Å². The van der Waals surface area contributed by atoms with E-state index in [2.05, 4.69) is 5.32 Å². The molecule has 1 heterocycles. The van der Waals surface area contributed by atoms with Gasteiger partial charge in [-0.25, -0.2) is 12.7 Å². The summed E-state index contributed by atoms with van der Waals surface area (Å²) < 4.78 is 26.7. The molecule has 41 heavy (non-hydrogen) atoms. The molecule has 0 saturated heterocycles. The molecule has 1 N–H and O–H groups in total. The molecule has 2 unspecified atom stereocenters. The molecule has 0 saturated carbocycles. The Balaban J connectivity index is 1.58. The zero-order valence-corrected chi connectivity index (χ0v) is 24.7. The molecule has 3 aromatic carbocycles. The summed E-state index contributed by atoms with van der Waals surface area (Å²) in [5.41, 5.74) is 1.70. The van der Waals surface area contributed by atoms with Crippen molar-refractivity contribution in [1.29, 1.82) is 0 Å². The molecule has 2 atom stereocenters. The first-order valence-electron chi connectivity index (χ1n) is 13.7. The quantitative estimate of drug-likeness (QED) is 0.323. The zero-order valence-electron chi connectivity index (χ0n) is 23.1.